The van der Waals surface area contributed by atoms with E-state index >= 15 is 0 Å². The molecule has 18 heavy (non-hydrogen) atoms. The fourth-order valence-corrected chi connectivity index (χ4v) is 3.21. The highest BCUT2D eigenvalue weighted by Crippen LogP contribution is 2.40. The number of benzene rings is 1. The zero-order valence-electron chi connectivity index (χ0n) is 9.96. The van der Waals surface area contributed by atoms with Crippen LogP contribution in [0.15, 0.2) is 36.5 Å². The first-order valence-corrected chi connectivity index (χ1v) is 6.79. The number of carbonyl (C=O) groups excluding carboxylic acids is 1. The van der Waals surface area contributed by atoms with Crippen LogP contribution in [0.5, 0.6) is 0 Å². The van der Waals surface area contributed by atoms with Crippen molar-refractivity contribution in [2.45, 2.75) is 5.25 Å². The van der Waals surface area contributed by atoms with Crippen LogP contribution in [0.3, 0.4) is 0 Å². The molecule has 1 aliphatic heterocycles. The quantitative estimate of drug-likeness (QED) is 0.854. The van der Waals surface area contributed by atoms with Crippen LogP contribution in [0.4, 0.5) is 5.82 Å². The second-order valence-electron chi connectivity index (χ2n) is 4.22. The summed E-state index contributed by atoms with van der Waals surface area (Å²) in [5.41, 5.74) is 2.27. The molecule has 1 aromatic heterocycles. The summed E-state index contributed by atoms with van der Waals surface area (Å²) >= 11 is 1.64. The SMILES string of the molecule is Cn1ncc2c1NC(=O)CS[C@H]2c1ccccc1. The largest absolute Gasteiger partial charge is 0.310 e. The minimum absolute atomic E-state index is 0.0308. The van der Waals surface area contributed by atoms with E-state index in [0.29, 0.717) is 5.75 Å². The van der Waals surface area contributed by atoms with Crippen LogP contribution in [0.2, 0.25) is 0 Å². The van der Waals surface area contributed by atoms with Gasteiger partial charge in [0.15, 0.2) is 0 Å². The lowest BCUT2D eigenvalue weighted by atomic mass is 10.1. The number of rotatable bonds is 1. The normalized spacial score (nSPS) is 18.9. The van der Waals surface area contributed by atoms with Crippen LogP contribution in [-0.4, -0.2) is 21.4 Å². The third-order valence-corrected chi connectivity index (χ3v) is 4.28. The molecular formula is C13H13N3OS. The van der Waals surface area contributed by atoms with E-state index in [0.717, 1.165) is 11.4 Å². The van der Waals surface area contributed by atoms with Crippen molar-refractivity contribution in [3.05, 3.63) is 47.7 Å². The number of nitrogens with one attached hydrogen (secondary N) is 1. The van der Waals surface area contributed by atoms with Crippen molar-refractivity contribution >= 4 is 23.5 Å². The number of carbonyl (C=O) groups is 1. The maximum atomic E-state index is 11.7. The van der Waals surface area contributed by atoms with Crippen LogP contribution in [-0.2, 0) is 11.8 Å². The van der Waals surface area contributed by atoms with Gasteiger partial charge in [0.25, 0.3) is 0 Å². The van der Waals surface area contributed by atoms with E-state index in [9.17, 15) is 4.79 Å². The number of nitrogens with zero attached hydrogens (tertiary/aromatic N) is 2. The lowest BCUT2D eigenvalue weighted by Gasteiger charge is -2.13. The summed E-state index contributed by atoms with van der Waals surface area (Å²) in [7, 11) is 1.84. The highest BCUT2D eigenvalue weighted by atomic mass is 32.2. The molecule has 0 aliphatic carbocycles. The molecule has 3 rings (SSSR count). The molecule has 1 aliphatic rings. The van der Waals surface area contributed by atoms with Gasteiger partial charge in [-0.3, -0.25) is 9.48 Å². The average molecular weight is 259 g/mol. The summed E-state index contributed by atoms with van der Waals surface area (Å²) in [6.07, 6.45) is 1.84. The minimum Gasteiger partial charge on any atom is -0.310 e. The van der Waals surface area contributed by atoms with Crippen molar-refractivity contribution < 1.29 is 4.79 Å². The standard InChI is InChI=1S/C13H13N3OS/c1-16-13-10(7-14-16)12(18-8-11(17)15-13)9-5-3-2-4-6-9/h2-7,12H,8H2,1H3,(H,15,17)/t12-/m0/s1. The molecule has 0 spiro atoms. The Bertz CT molecular complexity index is 579. The molecule has 4 nitrogen and oxygen atoms in total. The summed E-state index contributed by atoms with van der Waals surface area (Å²) in [5, 5.41) is 7.31. The van der Waals surface area contributed by atoms with Crippen LogP contribution < -0.4 is 5.32 Å². The summed E-state index contributed by atoms with van der Waals surface area (Å²) in [4.78, 5) is 11.7. The Labute approximate surface area is 109 Å². The van der Waals surface area contributed by atoms with Crippen molar-refractivity contribution in [2.24, 2.45) is 7.05 Å². The number of hydrogen-bond acceptors (Lipinski definition) is 3. The van der Waals surface area contributed by atoms with Crippen molar-refractivity contribution in [2.75, 3.05) is 11.1 Å². The molecule has 1 N–H and O–H groups in total. The Morgan fingerprint density at radius 1 is 1.39 bits per heavy atom. The second-order valence-corrected chi connectivity index (χ2v) is 5.32. The predicted molar refractivity (Wildman–Crippen MR) is 72.6 cm³/mol. The number of amides is 1. The Morgan fingerprint density at radius 3 is 2.94 bits per heavy atom. The monoisotopic (exact) mass is 259 g/mol. The zero-order chi connectivity index (χ0) is 12.5. The average Bonchev–Trinajstić information content (AvgIpc) is 2.65. The Balaban J connectivity index is 2.08. The molecule has 2 heterocycles. The van der Waals surface area contributed by atoms with Gasteiger partial charge in [0, 0.05) is 12.6 Å². The van der Waals surface area contributed by atoms with Gasteiger partial charge in [0.2, 0.25) is 5.91 Å². The third kappa shape index (κ3) is 1.90. The van der Waals surface area contributed by atoms with E-state index in [2.05, 4.69) is 22.5 Å². The molecule has 0 saturated carbocycles. The lowest BCUT2D eigenvalue weighted by molar-refractivity contribution is -0.113. The topological polar surface area (TPSA) is 46.9 Å². The molecule has 0 unspecified atom stereocenters. The van der Waals surface area contributed by atoms with Crippen molar-refractivity contribution in [3.63, 3.8) is 0 Å². The van der Waals surface area contributed by atoms with Crippen molar-refractivity contribution in [3.8, 4) is 0 Å². The van der Waals surface area contributed by atoms with E-state index < -0.39 is 0 Å². The van der Waals surface area contributed by atoms with Crippen LogP contribution >= 0.6 is 11.8 Å². The molecular weight excluding hydrogens is 246 g/mol. The second kappa shape index (κ2) is 4.49. The summed E-state index contributed by atoms with van der Waals surface area (Å²) in [5.74, 6) is 1.30. The molecule has 0 saturated heterocycles. The Hall–Kier alpha value is -1.75. The highest BCUT2D eigenvalue weighted by molar-refractivity contribution is 8.00. The van der Waals surface area contributed by atoms with Gasteiger partial charge in [-0.05, 0) is 5.56 Å². The van der Waals surface area contributed by atoms with E-state index in [-0.39, 0.29) is 11.2 Å². The number of aryl methyl sites for hydroxylation is 1. The number of thioether (sulfide) groups is 1. The summed E-state index contributed by atoms with van der Waals surface area (Å²) < 4.78 is 1.72. The van der Waals surface area contributed by atoms with Crippen LogP contribution in [0.1, 0.15) is 16.4 Å². The molecule has 0 bridgehead atoms. The van der Waals surface area contributed by atoms with E-state index in [1.165, 1.54) is 5.56 Å². The summed E-state index contributed by atoms with van der Waals surface area (Å²) in [6, 6.07) is 10.2. The maximum absolute atomic E-state index is 11.7. The van der Waals surface area contributed by atoms with Crippen LogP contribution in [0, 0.1) is 0 Å². The lowest BCUT2D eigenvalue weighted by Crippen LogP contribution is -2.15. The predicted octanol–water partition coefficient (Wildman–Crippen LogP) is 2.19. The minimum atomic E-state index is 0.0308. The first-order chi connectivity index (χ1) is 8.75. The summed E-state index contributed by atoms with van der Waals surface area (Å²) in [6.45, 7) is 0. The molecule has 1 amide bonds. The van der Waals surface area contributed by atoms with Gasteiger partial charge in [0.1, 0.15) is 5.82 Å². The van der Waals surface area contributed by atoms with Gasteiger partial charge >= 0.3 is 0 Å². The van der Waals surface area contributed by atoms with Gasteiger partial charge in [-0.2, -0.15) is 5.10 Å². The van der Waals surface area contributed by atoms with Gasteiger partial charge in [-0.15, -0.1) is 11.8 Å². The molecule has 1 aromatic carbocycles. The molecule has 0 radical (unpaired) electrons. The van der Waals surface area contributed by atoms with Gasteiger partial charge in [-0.1, -0.05) is 30.3 Å². The number of aromatic nitrogens is 2. The van der Waals surface area contributed by atoms with Crippen molar-refractivity contribution in [1.82, 2.24) is 9.78 Å². The van der Waals surface area contributed by atoms with Crippen molar-refractivity contribution in [1.29, 1.82) is 0 Å². The fraction of sp³-hybridized carbons (Fsp3) is 0.231. The smallest absolute Gasteiger partial charge is 0.235 e. The van der Waals surface area contributed by atoms with Gasteiger partial charge in [-0.25, -0.2) is 0 Å². The molecule has 0 fully saturated rings. The molecule has 2 aromatic rings. The van der Waals surface area contributed by atoms with Gasteiger partial charge < -0.3 is 5.32 Å². The fourth-order valence-electron chi connectivity index (χ4n) is 2.12. The first kappa shape index (κ1) is 11.3. The molecule has 1 atom stereocenters. The van der Waals surface area contributed by atoms with Gasteiger partial charge in [0.05, 0.1) is 17.2 Å². The first-order valence-electron chi connectivity index (χ1n) is 5.74. The Morgan fingerprint density at radius 2 is 2.17 bits per heavy atom. The van der Waals surface area contributed by atoms with E-state index in [4.69, 9.17) is 0 Å². The zero-order valence-corrected chi connectivity index (χ0v) is 10.8. The number of hydrogen-bond donors (Lipinski definition) is 1. The number of anilines is 1. The molecule has 92 valence electrons. The third-order valence-electron chi connectivity index (χ3n) is 2.99. The number of fused-ring (bicyclic) bond motifs is 1. The highest BCUT2D eigenvalue weighted by Gasteiger charge is 2.26. The maximum Gasteiger partial charge on any atom is 0.235 e. The Kier molecular flexibility index (Phi) is 2.83. The van der Waals surface area contributed by atoms with Crippen LogP contribution in [0.25, 0.3) is 0 Å². The van der Waals surface area contributed by atoms with E-state index in [1.54, 1.807) is 16.4 Å². The molecule has 5 heteroatoms. The van der Waals surface area contributed by atoms with E-state index in [1.807, 2.05) is 31.4 Å².